The highest BCUT2D eigenvalue weighted by Crippen LogP contribution is 2.25. The second-order valence-electron chi connectivity index (χ2n) is 4.86. The maximum atomic E-state index is 12.2. The van der Waals surface area contributed by atoms with Crippen molar-refractivity contribution in [1.29, 1.82) is 0 Å². The molecule has 0 spiro atoms. The Bertz CT molecular complexity index is 953. The summed E-state index contributed by atoms with van der Waals surface area (Å²) >= 11 is 11.9. The fourth-order valence-electron chi connectivity index (χ4n) is 2.20. The number of benzene rings is 2. The van der Waals surface area contributed by atoms with Crippen molar-refractivity contribution in [3.63, 3.8) is 0 Å². The van der Waals surface area contributed by atoms with Gasteiger partial charge in [0.15, 0.2) is 0 Å². The summed E-state index contributed by atoms with van der Waals surface area (Å²) in [6.07, 6.45) is 1.20. The Hall–Kier alpha value is -2.37. The largest absolute Gasteiger partial charge is 0.323 e. The van der Waals surface area contributed by atoms with Gasteiger partial charge >= 0.3 is 0 Å². The molecule has 0 atom stereocenters. The van der Waals surface area contributed by atoms with E-state index < -0.39 is 0 Å². The van der Waals surface area contributed by atoms with Crippen molar-refractivity contribution in [2.75, 3.05) is 5.32 Å². The van der Waals surface area contributed by atoms with Crippen LogP contribution in [0.15, 0.2) is 53.5 Å². The summed E-state index contributed by atoms with van der Waals surface area (Å²) < 4.78 is 1.47. The summed E-state index contributed by atoms with van der Waals surface area (Å²) in [5.41, 5.74) is 0.877. The Morgan fingerprint density at radius 2 is 1.96 bits per heavy atom. The highest BCUT2D eigenvalue weighted by atomic mass is 35.5. The maximum absolute atomic E-state index is 12.2. The summed E-state index contributed by atoms with van der Waals surface area (Å²) in [5, 5.41) is 8.06. The lowest BCUT2D eigenvalue weighted by Gasteiger charge is -2.10. The molecular formula is C16H11Cl2N3O2. The van der Waals surface area contributed by atoms with Crippen molar-refractivity contribution < 1.29 is 4.79 Å². The van der Waals surface area contributed by atoms with Gasteiger partial charge in [-0.15, -0.1) is 0 Å². The molecule has 0 saturated carbocycles. The van der Waals surface area contributed by atoms with Crippen molar-refractivity contribution in [2.24, 2.45) is 0 Å². The van der Waals surface area contributed by atoms with Crippen LogP contribution in [0.1, 0.15) is 0 Å². The van der Waals surface area contributed by atoms with E-state index in [1.165, 1.54) is 10.9 Å². The molecule has 0 aliphatic carbocycles. The molecule has 0 unspecified atom stereocenters. The van der Waals surface area contributed by atoms with Gasteiger partial charge in [-0.1, -0.05) is 35.3 Å². The molecule has 2 aromatic carbocycles. The molecule has 5 nitrogen and oxygen atoms in total. The summed E-state index contributed by atoms with van der Waals surface area (Å²) in [7, 11) is 0. The smallest absolute Gasteiger partial charge is 0.246 e. The molecule has 0 fully saturated rings. The quantitative estimate of drug-likeness (QED) is 0.790. The normalized spacial score (nSPS) is 10.7. The maximum Gasteiger partial charge on any atom is 0.246 e. The van der Waals surface area contributed by atoms with Crippen LogP contribution in [-0.4, -0.2) is 15.7 Å². The zero-order valence-electron chi connectivity index (χ0n) is 11.8. The van der Waals surface area contributed by atoms with Crippen molar-refractivity contribution in [3.05, 3.63) is 68.9 Å². The molecule has 1 heterocycles. The van der Waals surface area contributed by atoms with Crippen molar-refractivity contribution in [1.82, 2.24) is 9.78 Å². The SMILES string of the molecule is O=C(Cn1ncc(=O)c2ccccc21)Nc1ccc(Cl)cc1Cl. The minimum Gasteiger partial charge on any atom is -0.323 e. The number of carbonyl (C=O) groups is 1. The first-order chi connectivity index (χ1) is 11.0. The Morgan fingerprint density at radius 1 is 1.17 bits per heavy atom. The molecule has 23 heavy (non-hydrogen) atoms. The number of fused-ring (bicyclic) bond motifs is 1. The van der Waals surface area contributed by atoms with Gasteiger partial charge in [-0.2, -0.15) is 5.10 Å². The van der Waals surface area contributed by atoms with E-state index in [2.05, 4.69) is 10.4 Å². The fourth-order valence-corrected chi connectivity index (χ4v) is 2.66. The molecule has 1 N–H and O–H groups in total. The third kappa shape index (κ3) is 3.36. The Kier molecular flexibility index (Phi) is 4.32. The van der Waals surface area contributed by atoms with Gasteiger partial charge in [0.1, 0.15) is 6.54 Å². The molecule has 0 saturated heterocycles. The van der Waals surface area contributed by atoms with Gasteiger partial charge in [-0.25, -0.2) is 0 Å². The van der Waals surface area contributed by atoms with E-state index in [0.717, 1.165) is 0 Å². The number of hydrogen-bond acceptors (Lipinski definition) is 3. The number of rotatable bonds is 3. The number of aromatic nitrogens is 2. The van der Waals surface area contributed by atoms with Crippen LogP contribution in [0.3, 0.4) is 0 Å². The van der Waals surface area contributed by atoms with Crippen LogP contribution >= 0.6 is 23.2 Å². The summed E-state index contributed by atoms with van der Waals surface area (Å²) in [6, 6.07) is 11.8. The van der Waals surface area contributed by atoms with Crippen LogP contribution < -0.4 is 10.7 Å². The summed E-state index contributed by atoms with van der Waals surface area (Å²) in [4.78, 5) is 24.0. The molecule has 0 radical (unpaired) electrons. The Labute approximate surface area is 141 Å². The molecule has 0 aliphatic heterocycles. The molecule has 116 valence electrons. The van der Waals surface area contributed by atoms with E-state index in [0.29, 0.717) is 26.6 Å². The molecule has 3 rings (SSSR count). The first-order valence-electron chi connectivity index (χ1n) is 6.74. The average Bonchev–Trinajstić information content (AvgIpc) is 2.53. The van der Waals surface area contributed by atoms with Gasteiger partial charge in [-0.05, 0) is 30.3 Å². The number of nitrogens with one attached hydrogen (secondary N) is 1. The van der Waals surface area contributed by atoms with Gasteiger partial charge in [-0.3, -0.25) is 14.3 Å². The van der Waals surface area contributed by atoms with E-state index in [1.54, 1.807) is 42.5 Å². The van der Waals surface area contributed by atoms with Gasteiger partial charge in [0.2, 0.25) is 11.3 Å². The van der Waals surface area contributed by atoms with E-state index in [9.17, 15) is 9.59 Å². The average molecular weight is 348 g/mol. The number of nitrogens with zero attached hydrogens (tertiary/aromatic N) is 2. The predicted octanol–water partition coefficient (Wildman–Crippen LogP) is 3.34. The van der Waals surface area contributed by atoms with Crippen LogP contribution in [0.5, 0.6) is 0 Å². The first-order valence-corrected chi connectivity index (χ1v) is 7.50. The van der Waals surface area contributed by atoms with E-state index in [1.807, 2.05) is 0 Å². The van der Waals surface area contributed by atoms with Crippen molar-refractivity contribution in [3.8, 4) is 0 Å². The van der Waals surface area contributed by atoms with E-state index >= 15 is 0 Å². The standard InChI is InChI=1S/C16H11Cl2N3O2/c17-10-5-6-13(12(18)7-10)20-16(23)9-21-14-4-2-1-3-11(14)15(22)8-19-21/h1-8H,9H2,(H,20,23). The van der Waals surface area contributed by atoms with Gasteiger partial charge in [0.05, 0.1) is 22.4 Å². The van der Waals surface area contributed by atoms with Gasteiger partial charge in [0.25, 0.3) is 0 Å². The minimum absolute atomic E-state index is 0.0419. The first kappa shape index (κ1) is 15.5. The predicted molar refractivity (Wildman–Crippen MR) is 91.1 cm³/mol. The third-order valence-electron chi connectivity index (χ3n) is 3.26. The van der Waals surface area contributed by atoms with Gasteiger partial charge < -0.3 is 5.32 Å². The van der Waals surface area contributed by atoms with Crippen LogP contribution in [0.4, 0.5) is 5.69 Å². The lowest BCUT2D eigenvalue weighted by Crippen LogP contribution is -2.22. The van der Waals surface area contributed by atoms with Gasteiger partial charge in [0, 0.05) is 10.4 Å². The molecule has 3 aromatic rings. The van der Waals surface area contributed by atoms with E-state index in [4.69, 9.17) is 23.2 Å². The molecule has 7 heteroatoms. The van der Waals surface area contributed by atoms with Crippen LogP contribution in [0.25, 0.3) is 10.9 Å². The minimum atomic E-state index is -0.310. The number of halogens is 2. The van der Waals surface area contributed by atoms with E-state index in [-0.39, 0.29) is 17.9 Å². The molecule has 1 aromatic heterocycles. The second kappa shape index (κ2) is 6.40. The lowest BCUT2D eigenvalue weighted by atomic mass is 10.2. The Morgan fingerprint density at radius 3 is 2.74 bits per heavy atom. The number of anilines is 1. The van der Waals surface area contributed by atoms with Crippen molar-refractivity contribution in [2.45, 2.75) is 6.54 Å². The molecule has 0 bridgehead atoms. The molecule has 0 aliphatic rings. The highest BCUT2D eigenvalue weighted by Gasteiger charge is 2.10. The zero-order valence-corrected chi connectivity index (χ0v) is 13.3. The topological polar surface area (TPSA) is 64.0 Å². The summed E-state index contributed by atoms with van der Waals surface area (Å²) in [6.45, 7) is -0.0419. The lowest BCUT2D eigenvalue weighted by molar-refractivity contribution is -0.116. The van der Waals surface area contributed by atoms with Crippen LogP contribution in [0.2, 0.25) is 10.0 Å². The van der Waals surface area contributed by atoms with Crippen LogP contribution in [-0.2, 0) is 11.3 Å². The number of amides is 1. The number of hydrogen-bond donors (Lipinski definition) is 1. The second-order valence-corrected chi connectivity index (χ2v) is 5.70. The summed E-state index contributed by atoms with van der Waals surface area (Å²) in [5.74, 6) is -0.310. The molecular weight excluding hydrogens is 337 g/mol. The van der Waals surface area contributed by atoms with Crippen molar-refractivity contribution >= 4 is 45.7 Å². The molecule has 1 amide bonds. The third-order valence-corrected chi connectivity index (χ3v) is 3.81. The number of carbonyl (C=O) groups excluding carboxylic acids is 1. The highest BCUT2D eigenvalue weighted by molar-refractivity contribution is 6.36. The van der Waals surface area contributed by atoms with Crippen LogP contribution in [0, 0.1) is 0 Å². The zero-order chi connectivity index (χ0) is 16.4. The fraction of sp³-hybridized carbons (Fsp3) is 0.0625. The number of para-hydroxylation sites is 1. The Balaban J connectivity index is 1.86. The monoisotopic (exact) mass is 347 g/mol.